The van der Waals surface area contributed by atoms with Crippen molar-refractivity contribution in [3.8, 4) is 0 Å². The van der Waals surface area contributed by atoms with Crippen LogP contribution in [0.4, 0.5) is 35.1 Å². The highest BCUT2D eigenvalue weighted by atomic mass is 35.5. The van der Waals surface area contributed by atoms with Gasteiger partial charge in [0.25, 0.3) is 0 Å². The first-order valence-electron chi connectivity index (χ1n) is 5.00. The standard InChI is InChI=1S/C10H7F8NO.ClH/c11-5-4(2(20)1-3(19)10(16,17)18)6(12)8(14)9(15)7(5)13;/h2-3,20H,1,19H2;1H/t2-,3-;/m1./s1. The van der Waals surface area contributed by atoms with Crippen LogP contribution in [0.2, 0.25) is 0 Å². The number of nitrogens with two attached hydrogens (primary N) is 1. The molecule has 0 bridgehead atoms. The van der Waals surface area contributed by atoms with Crippen LogP contribution < -0.4 is 5.73 Å². The van der Waals surface area contributed by atoms with Gasteiger partial charge in [0.2, 0.25) is 5.82 Å². The van der Waals surface area contributed by atoms with Crippen LogP contribution >= 0.6 is 12.4 Å². The van der Waals surface area contributed by atoms with Crippen molar-refractivity contribution in [1.29, 1.82) is 0 Å². The van der Waals surface area contributed by atoms with Crippen molar-refractivity contribution in [1.82, 2.24) is 0 Å². The van der Waals surface area contributed by atoms with Crippen molar-refractivity contribution in [2.45, 2.75) is 24.7 Å². The summed E-state index contributed by atoms with van der Waals surface area (Å²) in [7, 11) is 0. The van der Waals surface area contributed by atoms with Crippen LogP contribution in [0.5, 0.6) is 0 Å². The monoisotopic (exact) mass is 345 g/mol. The fourth-order valence-electron chi connectivity index (χ4n) is 1.41. The Morgan fingerprint density at radius 1 is 0.857 bits per heavy atom. The molecule has 0 saturated heterocycles. The highest BCUT2D eigenvalue weighted by Gasteiger charge is 2.40. The lowest BCUT2D eigenvalue weighted by Crippen LogP contribution is -2.38. The van der Waals surface area contributed by atoms with Gasteiger partial charge in [0, 0.05) is 6.42 Å². The van der Waals surface area contributed by atoms with Crippen molar-refractivity contribution in [3.63, 3.8) is 0 Å². The van der Waals surface area contributed by atoms with Gasteiger partial charge in [0.15, 0.2) is 23.3 Å². The maximum Gasteiger partial charge on any atom is 0.403 e. The summed E-state index contributed by atoms with van der Waals surface area (Å²) >= 11 is 0. The van der Waals surface area contributed by atoms with E-state index >= 15 is 0 Å². The van der Waals surface area contributed by atoms with Gasteiger partial charge in [-0.15, -0.1) is 12.4 Å². The maximum atomic E-state index is 13.2. The second-order valence-electron chi connectivity index (χ2n) is 3.88. The van der Waals surface area contributed by atoms with E-state index in [1.54, 1.807) is 0 Å². The largest absolute Gasteiger partial charge is 0.403 e. The molecule has 0 fully saturated rings. The van der Waals surface area contributed by atoms with Crippen LogP contribution in [0.1, 0.15) is 18.1 Å². The number of hydrogen-bond donors (Lipinski definition) is 2. The van der Waals surface area contributed by atoms with Crippen molar-refractivity contribution < 1.29 is 40.2 Å². The second-order valence-corrected chi connectivity index (χ2v) is 3.88. The zero-order valence-corrected chi connectivity index (χ0v) is 10.6. The molecule has 1 rings (SSSR count). The Morgan fingerprint density at radius 2 is 1.19 bits per heavy atom. The lowest BCUT2D eigenvalue weighted by molar-refractivity contribution is -0.154. The second kappa shape index (κ2) is 6.75. The molecule has 21 heavy (non-hydrogen) atoms. The first kappa shape index (κ1) is 19.9. The van der Waals surface area contributed by atoms with E-state index in [1.165, 1.54) is 0 Å². The molecule has 0 aliphatic carbocycles. The van der Waals surface area contributed by atoms with Crippen molar-refractivity contribution in [2.75, 3.05) is 0 Å². The molecule has 11 heteroatoms. The summed E-state index contributed by atoms with van der Waals surface area (Å²) in [6.07, 6.45) is -9.05. The summed E-state index contributed by atoms with van der Waals surface area (Å²) in [5.41, 5.74) is 2.85. The van der Waals surface area contributed by atoms with E-state index in [4.69, 9.17) is 0 Å². The minimum atomic E-state index is -4.99. The number of halogens is 9. The van der Waals surface area contributed by atoms with Crippen LogP contribution in [-0.4, -0.2) is 17.3 Å². The predicted octanol–water partition coefficient (Wildman–Crippen LogP) is 3.12. The molecule has 0 aromatic heterocycles. The molecule has 1 aromatic carbocycles. The Bertz CT molecular complexity index is 492. The Kier molecular flexibility index (Phi) is 6.39. The van der Waals surface area contributed by atoms with Gasteiger partial charge in [-0.05, 0) is 0 Å². The summed E-state index contributed by atoms with van der Waals surface area (Å²) in [4.78, 5) is 0. The van der Waals surface area contributed by atoms with Crippen LogP contribution in [-0.2, 0) is 0 Å². The minimum Gasteiger partial charge on any atom is -0.388 e. The maximum absolute atomic E-state index is 13.2. The molecular formula is C10H8ClF8NO. The molecule has 122 valence electrons. The zero-order chi connectivity index (χ0) is 15.8. The van der Waals surface area contributed by atoms with Gasteiger partial charge in [-0.1, -0.05) is 0 Å². The van der Waals surface area contributed by atoms with E-state index in [1.807, 2.05) is 0 Å². The number of rotatable bonds is 3. The topological polar surface area (TPSA) is 46.2 Å². The number of alkyl halides is 3. The molecule has 0 heterocycles. The zero-order valence-electron chi connectivity index (χ0n) is 9.82. The van der Waals surface area contributed by atoms with Crippen LogP contribution in [0.25, 0.3) is 0 Å². The van der Waals surface area contributed by atoms with Gasteiger partial charge in [-0.2, -0.15) is 13.2 Å². The van der Waals surface area contributed by atoms with Gasteiger partial charge in [0.1, 0.15) is 6.04 Å². The molecule has 3 N–H and O–H groups in total. The van der Waals surface area contributed by atoms with E-state index in [0.29, 0.717) is 0 Å². The molecule has 0 aliphatic heterocycles. The Morgan fingerprint density at radius 3 is 1.52 bits per heavy atom. The van der Waals surface area contributed by atoms with Crippen LogP contribution in [0, 0.1) is 29.1 Å². The summed E-state index contributed by atoms with van der Waals surface area (Å²) in [5.74, 6) is -12.0. The van der Waals surface area contributed by atoms with Crippen molar-refractivity contribution in [2.24, 2.45) is 5.73 Å². The van der Waals surface area contributed by atoms with Gasteiger partial charge in [-0.25, -0.2) is 22.0 Å². The fourth-order valence-corrected chi connectivity index (χ4v) is 1.41. The summed E-state index contributed by atoms with van der Waals surface area (Å²) in [6.45, 7) is 0. The molecule has 1 aromatic rings. The van der Waals surface area contributed by atoms with Crippen molar-refractivity contribution in [3.05, 3.63) is 34.6 Å². The molecule has 0 amide bonds. The first-order valence-corrected chi connectivity index (χ1v) is 5.00. The first-order chi connectivity index (χ1) is 8.98. The van der Waals surface area contributed by atoms with Gasteiger partial charge >= 0.3 is 6.18 Å². The normalized spacial score (nSPS) is 14.6. The van der Waals surface area contributed by atoms with E-state index in [9.17, 15) is 40.2 Å². The third-order valence-electron chi connectivity index (χ3n) is 2.47. The average Bonchev–Trinajstić information content (AvgIpc) is 2.33. The molecule has 0 aliphatic rings. The minimum absolute atomic E-state index is 0. The van der Waals surface area contributed by atoms with E-state index in [0.717, 1.165) is 0 Å². The third-order valence-corrected chi connectivity index (χ3v) is 2.47. The smallest absolute Gasteiger partial charge is 0.388 e. The SMILES string of the molecule is Cl.N[C@H](C[C@@H](O)c1c(F)c(F)c(F)c(F)c1F)C(F)(F)F. The molecular weight excluding hydrogens is 338 g/mol. The Labute approximate surface area is 119 Å². The molecule has 0 unspecified atom stereocenters. The van der Waals surface area contributed by atoms with E-state index in [-0.39, 0.29) is 12.4 Å². The summed E-state index contributed by atoms with van der Waals surface area (Å²) in [6, 6.07) is -2.69. The van der Waals surface area contributed by atoms with Crippen LogP contribution in [0.3, 0.4) is 0 Å². The fraction of sp³-hybridized carbons (Fsp3) is 0.400. The van der Waals surface area contributed by atoms with Crippen LogP contribution in [0.15, 0.2) is 0 Å². The number of hydrogen-bond acceptors (Lipinski definition) is 2. The average molecular weight is 346 g/mol. The summed E-state index contributed by atoms with van der Waals surface area (Å²) < 4.78 is 101. The number of aliphatic hydroxyl groups excluding tert-OH is 1. The van der Waals surface area contributed by atoms with Gasteiger partial charge < -0.3 is 10.8 Å². The summed E-state index contributed by atoms with van der Waals surface area (Å²) in [5, 5.41) is 9.24. The molecule has 0 saturated carbocycles. The molecule has 0 radical (unpaired) electrons. The Balaban J connectivity index is 0.00000400. The Hall–Kier alpha value is -1.13. The molecule has 2 nitrogen and oxygen atoms in total. The molecule has 2 atom stereocenters. The highest BCUT2D eigenvalue weighted by molar-refractivity contribution is 5.85. The predicted molar refractivity (Wildman–Crippen MR) is 57.1 cm³/mol. The van der Waals surface area contributed by atoms with Crippen molar-refractivity contribution >= 4 is 12.4 Å². The number of benzene rings is 1. The quantitative estimate of drug-likeness (QED) is 0.502. The lowest BCUT2D eigenvalue weighted by atomic mass is 10.0. The van der Waals surface area contributed by atoms with Gasteiger partial charge in [0.05, 0.1) is 11.7 Å². The molecule has 0 spiro atoms. The lowest BCUT2D eigenvalue weighted by Gasteiger charge is -2.20. The van der Waals surface area contributed by atoms with E-state index in [2.05, 4.69) is 5.73 Å². The van der Waals surface area contributed by atoms with E-state index < -0.39 is 59.4 Å². The highest BCUT2D eigenvalue weighted by Crippen LogP contribution is 2.32. The van der Waals surface area contributed by atoms with Gasteiger partial charge in [-0.3, -0.25) is 0 Å². The number of aliphatic hydroxyl groups is 1. The third kappa shape index (κ3) is 3.95.